The molecule has 0 fully saturated rings. The van der Waals surface area contributed by atoms with Gasteiger partial charge in [0, 0.05) is 36.5 Å². The molecule has 3 aromatic rings. The summed E-state index contributed by atoms with van der Waals surface area (Å²) >= 11 is 0. The lowest BCUT2D eigenvalue weighted by atomic mass is 10.1. The number of fused-ring (bicyclic) bond motifs is 1. The highest BCUT2D eigenvalue weighted by molar-refractivity contribution is 5.95. The van der Waals surface area contributed by atoms with E-state index in [1.54, 1.807) is 0 Å². The third kappa shape index (κ3) is 3.22. The Balaban J connectivity index is 0.000000847. The monoisotopic (exact) mass is 292 g/mol. The molecule has 0 amide bonds. The minimum atomic E-state index is 1.13. The first-order valence-electron chi connectivity index (χ1n) is 7.79. The van der Waals surface area contributed by atoms with E-state index in [0.717, 1.165) is 5.69 Å². The number of hydrogen-bond acceptors (Lipinski definition) is 2. The van der Waals surface area contributed by atoms with Gasteiger partial charge in [-0.3, -0.25) is 0 Å². The SMILES string of the molecule is CC.CNc1ccc(N(C)c2cccc3ccccc23)cc1. The van der Waals surface area contributed by atoms with Crippen molar-refractivity contribution in [3.63, 3.8) is 0 Å². The van der Waals surface area contributed by atoms with Gasteiger partial charge in [0.25, 0.3) is 0 Å². The van der Waals surface area contributed by atoms with Gasteiger partial charge in [-0.2, -0.15) is 0 Å². The normalized spacial score (nSPS) is 9.82. The molecular formula is C20H24N2. The highest BCUT2D eigenvalue weighted by Gasteiger charge is 2.07. The minimum absolute atomic E-state index is 1.13. The molecule has 2 heteroatoms. The lowest BCUT2D eigenvalue weighted by molar-refractivity contribution is 1.22. The van der Waals surface area contributed by atoms with Crippen molar-refractivity contribution in [3.05, 3.63) is 66.7 Å². The van der Waals surface area contributed by atoms with E-state index in [9.17, 15) is 0 Å². The zero-order chi connectivity index (χ0) is 15.9. The molecule has 0 aromatic heterocycles. The third-order valence-electron chi connectivity index (χ3n) is 3.67. The number of rotatable bonds is 3. The second kappa shape index (κ2) is 7.51. The largest absolute Gasteiger partial charge is 0.388 e. The first kappa shape index (κ1) is 15.9. The number of anilines is 3. The molecule has 0 bridgehead atoms. The second-order valence-corrected chi connectivity index (χ2v) is 4.85. The maximum atomic E-state index is 3.14. The molecule has 2 nitrogen and oxygen atoms in total. The van der Waals surface area contributed by atoms with Crippen LogP contribution in [0.3, 0.4) is 0 Å². The molecule has 0 atom stereocenters. The molecule has 0 aliphatic heterocycles. The lowest BCUT2D eigenvalue weighted by Crippen LogP contribution is -2.09. The van der Waals surface area contributed by atoms with Gasteiger partial charge in [-0.05, 0) is 35.7 Å². The molecule has 0 spiro atoms. The van der Waals surface area contributed by atoms with E-state index in [-0.39, 0.29) is 0 Å². The van der Waals surface area contributed by atoms with Crippen molar-refractivity contribution in [1.82, 2.24) is 0 Å². The average molecular weight is 292 g/mol. The first-order valence-corrected chi connectivity index (χ1v) is 7.79. The van der Waals surface area contributed by atoms with Gasteiger partial charge < -0.3 is 10.2 Å². The van der Waals surface area contributed by atoms with Crippen molar-refractivity contribution in [2.45, 2.75) is 13.8 Å². The molecule has 1 N–H and O–H groups in total. The fourth-order valence-electron chi connectivity index (χ4n) is 2.49. The third-order valence-corrected chi connectivity index (χ3v) is 3.67. The van der Waals surface area contributed by atoms with Crippen molar-refractivity contribution in [2.24, 2.45) is 0 Å². The molecule has 0 saturated heterocycles. The summed E-state index contributed by atoms with van der Waals surface area (Å²) in [7, 11) is 4.04. The highest BCUT2D eigenvalue weighted by atomic mass is 15.1. The van der Waals surface area contributed by atoms with Crippen LogP contribution in [0.2, 0.25) is 0 Å². The maximum Gasteiger partial charge on any atom is 0.0487 e. The quantitative estimate of drug-likeness (QED) is 0.668. The van der Waals surface area contributed by atoms with Gasteiger partial charge in [0.2, 0.25) is 0 Å². The summed E-state index contributed by atoms with van der Waals surface area (Å²) < 4.78 is 0. The summed E-state index contributed by atoms with van der Waals surface area (Å²) in [6, 6.07) is 23.4. The fourth-order valence-corrected chi connectivity index (χ4v) is 2.49. The zero-order valence-electron chi connectivity index (χ0n) is 13.8. The molecule has 22 heavy (non-hydrogen) atoms. The molecule has 0 heterocycles. The molecule has 114 valence electrons. The second-order valence-electron chi connectivity index (χ2n) is 4.85. The summed E-state index contributed by atoms with van der Waals surface area (Å²) in [6.45, 7) is 4.00. The van der Waals surface area contributed by atoms with Crippen LogP contribution in [0.25, 0.3) is 10.8 Å². The molecule has 3 aromatic carbocycles. The summed E-state index contributed by atoms with van der Waals surface area (Å²) in [5, 5.41) is 5.68. The molecule has 0 radical (unpaired) electrons. The van der Waals surface area contributed by atoms with Crippen LogP contribution in [0.15, 0.2) is 66.7 Å². The van der Waals surface area contributed by atoms with Crippen LogP contribution in [0.1, 0.15) is 13.8 Å². The summed E-state index contributed by atoms with van der Waals surface area (Å²) in [4.78, 5) is 2.22. The molecular weight excluding hydrogens is 268 g/mol. The van der Waals surface area contributed by atoms with E-state index < -0.39 is 0 Å². The Hall–Kier alpha value is -2.48. The zero-order valence-corrected chi connectivity index (χ0v) is 13.8. The predicted octanol–water partition coefficient (Wildman–Crippen LogP) is 5.68. The number of nitrogens with zero attached hydrogens (tertiary/aromatic N) is 1. The van der Waals surface area contributed by atoms with Crippen molar-refractivity contribution < 1.29 is 0 Å². The summed E-state index contributed by atoms with van der Waals surface area (Å²) in [5.41, 5.74) is 3.53. The van der Waals surface area contributed by atoms with Gasteiger partial charge in [0.1, 0.15) is 0 Å². The van der Waals surface area contributed by atoms with Gasteiger partial charge in [-0.1, -0.05) is 50.2 Å². The van der Waals surface area contributed by atoms with Gasteiger partial charge >= 0.3 is 0 Å². The number of nitrogens with one attached hydrogen (secondary N) is 1. The predicted molar refractivity (Wildman–Crippen MR) is 99.3 cm³/mol. The van der Waals surface area contributed by atoms with E-state index in [1.165, 1.54) is 22.1 Å². The van der Waals surface area contributed by atoms with Crippen LogP contribution in [0.4, 0.5) is 17.1 Å². The summed E-state index contributed by atoms with van der Waals surface area (Å²) in [6.07, 6.45) is 0. The van der Waals surface area contributed by atoms with Crippen molar-refractivity contribution in [2.75, 3.05) is 24.3 Å². The smallest absolute Gasteiger partial charge is 0.0487 e. The lowest BCUT2D eigenvalue weighted by Gasteiger charge is -2.21. The van der Waals surface area contributed by atoms with Crippen molar-refractivity contribution in [1.29, 1.82) is 0 Å². The fraction of sp³-hybridized carbons (Fsp3) is 0.200. The number of benzene rings is 3. The van der Waals surface area contributed by atoms with Crippen LogP contribution < -0.4 is 10.2 Å². The van der Waals surface area contributed by atoms with Crippen molar-refractivity contribution >= 4 is 27.8 Å². The van der Waals surface area contributed by atoms with Gasteiger partial charge in [0.15, 0.2) is 0 Å². The number of hydrogen-bond donors (Lipinski definition) is 1. The van der Waals surface area contributed by atoms with Crippen LogP contribution >= 0.6 is 0 Å². The van der Waals surface area contributed by atoms with Crippen molar-refractivity contribution in [3.8, 4) is 0 Å². The molecule has 0 aliphatic carbocycles. The maximum absolute atomic E-state index is 3.14. The van der Waals surface area contributed by atoms with Crippen LogP contribution in [0.5, 0.6) is 0 Å². The Labute approximate surface area is 133 Å². The van der Waals surface area contributed by atoms with Crippen LogP contribution in [0, 0.1) is 0 Å². The van der Waals surface area contributed by atoms with E-state index in [4.69, 9.17) is 0 Å². The summed E-state index contributed by atoms with van der Waals surface area (Å²) in [5.74, 6) is 0. The molecule has 0 unspecified atom stereocenters. The Morgan fingerprint density at radius 2 is 1.41 bits per heavy atom. The Morgan fingerprint density at radius 1 is 0.773 bits per heavy atom. The first-order chi connectivity index (χ1) is 10.8. The Bertz CT molecular complexity index is 712. The van der Waals surface area contributed by atoms with E-state index >= 15 is 0 Å². The van der Waals surface area contributed by atoms with E-state index in [0.29, 0.717) is 0 Å². The highest BCUT2D eigenvalue weighted by Crippen LogP contribution is 2.31. The van der Waals surface area contributed by atoms with E-state index in [2.05, 4.69) is 84.0 Å². The standard InChI is InChI=1S/C18H18N2.C2H6/c1-19-15-10-12-16(13-11-15)20(2)18-9-5-7-14-6-3-4-8-17(14)18;1-2/h3-13,19H,1-2H3;1-2H3. The van der Waals surface area contributed by atoms with Gasteiger partial charge in [0.05, 0.1) is 0 Å². The Kier molecular flexibility index (Phi) is 5.42. The van der Waals surface area contributed by atoms with Gasteiger partial charge in [-0.25, -0.2) is 0 Å². The Morgan fingerprint density at radius 3 is 2.09 bits per heavy atom. The minimum Gasteiger partial charge on any atom is -0.388 e. The average Bonchev–Trinajstić information content (AvgIpc) is 2.62. The van der Waals surface area contributed by atoms with Crippen LogP contribution in [-0.4, -0.2) is 14.1 Å². The molecule has 3 rings (SSSR count). The van der Waals surface area contributed by atoms with E-state index in [1.807, 2.05) is 20.9 Å². The van der Waals surface area contributed by atoms with Gasteiger partial charge in [-0.15, -0.1) is 0 Å². The molecule has 0 saturated carbocycles. The van der Waals surface area contributed by atoms with Crippen LogP contribution in [-0.2, 0) is 0 Å². The topological polar surface area (TPSA) is 15.3 Å². The molecule has 0 aliphatic rings.